The number of halogens is 1. The highest BCUT2D eigenvalue weighted by atomic mass is 32.2. The normalized spacial score (nSPS) is 17.5. The van der Waals surface area contributed by atoms with Crippen LogP contribution in [-0.4, -0.2) is 52.2 Å². The number of rotatable bonds is 4. The third-order valence-corrected chi connectivity index (χ3v) is 7.91. The fourth-order valence-corrected chi connectivity index (χ4v) is 5.76. The van der Waals surface area contributed by atoms with E-state index in [1.165, 1.54) is 26.5 Å². The second-order valence-corrected chi connectivity index (χ2v) is 9.90. The maximum atomic E-state index is 15.3. The van der Waals surface area contributed by atoms with Crippen molar-refractivity contribution in [3.05, 3.63) is 35.6 Å². The van der Waals surface area contributed by atoms with E-state index in [1.807, 2.05) is 6.07 Å². The number of fused-ring (bicyclic) bond motifs is 1. The quantitative estimate of drug-likeness (QED) is 0.676. The van der Waals surface area contributed by atoms with Crippen LogP contribution < -0.4 is 5.32 Å². The van der Waals surface area contributed by atoms with Crippen LogP contribution in [0.4, 0.5) is 10.1 Å². The fraction of sp³-hybridized carbons (Fsp3) is 0.389. The maximum Gasteiger partial charge on any atom is 0.262 e. The molecule has 1 aromatic carbocycles. The first-order valence-corrected chi connectivity index (χ1v) is 11.3. The zero-order valence-corrected chi connectivity index (χ0v) is 17.6. The third-order valence-electron chi connectivity index (χ3n) is 5.10. The van der Waals surface area contributed by atoms with E-state index in [0.717, 1.165) is 10.2 Å². The molecular formula is C18H20FN5O3S2. The van der Waals surface area contributed by atoms with E-state index >= 15 is 4.39 Å². The number of benzene rings is 1. The number of thiazole rings is 1. The number of sulfonamides is 1. The molecule has 1 fully saturated rings. The van der Waals surface area contributed by atoms with Gasteiger partial charge in [-0.15, -0.1) is 11.3 Å². The topological polar surface area (TPSA) is 97.2 Å². The molecule has 0 spiro atoms. The van der Waals surface area contributed by atoms with Crippen LogP contribution in [-0.2, 0) is 21.9 Å². The molecule has 4 rings (SSSR count). The van der Waals surface area contributed by atoms with Gasteiger partial charge >= 0.3 is 0 Å². The molecule has 1 saturated heterocycles. The van der Waals surface area contributed by atoms with Crippen LogP contribution in [0, 0.1) is 6.92 Å². The molecule has 1 aliphatic heterocycles. The summed E-state index contributed by atoms with van der Waals surface area (Å²) in [7, 11) is -2.14. The number of anilines is 1. The smallest absolute Gasteiger partial charge is 0.262 e. The minimum absolute atomic E-state index is 0.0777. The van der Waals surface area contributed by atoms with Gasteiger partial charge in [-0.25, -0.2) is 17.8 Å². The highest BCUT2D eigenvalue weighted by Gasteiger charge is 2.44. The third kappa shape index (κ3) is 3.65. The Morgan fingerprint density at radius 3 is 2.69 bits per heavy atom. The lowest BCUT2D eigenvalue weighted by molar-refractivity contribution is -0.129. The Morgan fingerprint density at radius 1 is 1.31 bits per heavy atom. The van der Waals surface area contributed by atoms with Crippen LogP contribution in [0.15, 0.2) is 34.8 Å². The number of carbonyl (C=O) groups is 1. The van der Waals surface area contributed by atoms with Gasteiger partial charge < -0.3 is 5.32 Å². The van der Waals surface area contributed by atoms with Crippen molar-refractivity contribution in [2.45, 2.75) is 30.3 Å². The van der Waals surface area contributed by atoms with Gasteiger partial charge in [0.25, 0.3) is 5.91 Å². The fourth-order valence-electron chi connectivity index (χ4n) is 3.46. The standard InChI is InChI=1S/C18H20FN5O3S2/c1-12-16(10-23(2)22-12)29(26,27)24-7-5-18(19,6-8-24)17(25)21-13-3-4-15-14(9-13)20-11-28-15/h3-4,9-11H,5-8H2,1-2H3,(H,21,25). The van der Waals surface area contributed by atoms with Crippen molar-refractivity contribution < 1.29 is 17.6 Å². The maximum absolute atomic E-state index is 15.3. The van der Waals surface area contributed by atoms with E-state index in [1.54, 1.807) is 31.6 Å². The van der Waals surface area contributed by atoms with Crippen molar-refractivity contribution in [3.8, 4) is 0 Å². The molecule has 1 N–H and O–H groups in total. The van der Waals surface area contributed by atoms with Crippen molar-refractivity contribution in [1.29, 1.82) is 0 Å². The van der Waals surface area contributed by atoms with Crippen molar-refractivity contribution in [3.63, 3.8) is 0 Å². The lowest BCUT2D eigenvalue weighted by atomic mass is 9.93. The average molecular weight is 438 g/mol. The average Bonchev–Trinajstić information content (AvgIpc) is 3.27. The molecule has 0 radical (unpaired) electrons. The summed E-state index contributed by atoms with van der Waals surface area (Å²) in [6, 6.07) is 5.21. The second kappa shape index (κ2) is 7.15. The van der Waals surface area contributed by atoms with Crippen LogP contribution >= 0.6 is 11.3 Å². The lowest BCUT2D eigenvalue weighted by Crippen LogP contribution is -2.50. The number of alkyl halides is 1. The molecule has 0 atom stereocenters. The summed E-state index contributed by atoms with van der Waals surface area (Å²) in [6.45, 7) is 1.46. The molecular weight excluding hydrogens is 417 g/mol. The van der Waals surface area contributed by atoms with Gasteiger partial charge in [0.05, 0.1) is 21.4 Å². The largest absolute Gasteiger partial charge is 0.323 e. The van der Waals surface area contributed by atoms with Gasteiger partial charge in [0, 0.05) is 44.9 Å². The Kier molecular flexibility index (Phi) is 4.91. The SMILES string of the molecule is Cc1nn(C)cc1S(=O)(=O)N1CCC(F)(C(=O)Nc2ccc3scnc3c2)CC1. The number of aromatic nitrogens is 3. The molecule has 29 heavy (non-hydrogen) atoms. The van der Waals surface area contributed by atoms with E-state index < -0.39 is 21.6 Å². The van der Waals surface area contributed by atoms with Gasteiger partial charge in [0.2, 0.25) is 10.0 Å². The van der Waals surface area contributed by atoms with Crippen LogP contribution in [0.1, 0.15) is 18.5 Å². The highest BCUT2D eigenvalue weighted by Crippen LogP contribution is 2.32. The number of amides is 1. The summed E-state index contributed by atoms with van der Waals surface area (Å²) in [6.07, 6.45) is 1.01. The summed E-state index contributed by atoms with van der Waals surface area (Å²) in [5, 5.41) is 6.66. The second-order valence-electron chi connectivity index (χ2n) is 7.11. The summed E-state index contributed by atoms with van der Waals surface area (Å²) < 4.78 is 44.6. The van der Waals surface area contributed by atoms with Gasteiger partial charge in [-0.2, -0.15) is 9.40 Å². The number of nitrogens with zero attached hydrogens (tertiary/aromatic N) is 4. The molecule has 2 aromatic heterocycles. The first-order valence-electron chi connectivity index (χ1n) is 9.03. The van der Waals surface area contributed by atoms with Gasteiger partial charge in [-0.05, 0) is 25.1 Å². The van der Waals surface area contributed by atoms with E-state index in [0.29, 0.717) is 11.4 Å². The van der Waals surface area contributed by atoms with Crippen molar-refractivity contribution in [2.24, 2.45) is 7.05 Å². The summed E-state index contributed by atoms with van der Waals surface area (Å²) >= 11 is 1.48. The van der Waals surface area contributed by atoms with Gasteiger partial charge in [0.1, 0.15) is 4.90 Å². The molecule has 1 aliphatic rings. The molecule has 0 bridgehead atoms. The molecule has 1 amide bonds. The van der Waals surface area contributed by atoms with Crippen LogP contribution in [0.3, 0.4) is 0 Å². The zero-order valence-electron chi connectivity index (χ0n) is 15.9. The van der Waals surface area contributed by atoms with Crippen molar-refractivity contribution >= 4 is 43.2 Å². The molecule has 0 aliphatic carbocycles. The lowest BCUT2D eigenvalue weighted by Gasteiger charge is -2.34. The van der Waals surface area contributed by atoms with Crippen LogP contribution in [0.5, 0.6) is 0 Å². The van der Waals surface area contributed by atoms with E-state index in [4.69, 9.17) is 0 Å². The summed E-state index contributed by atoms with van der Waals surface area (Å²) in [4.78, 5) is 16.9. The number of carbonyl (C=O) groups excluding carboxylic acids is 1. The number of aryl methyl sites for hydroxylation is 2. The Balaban J connectivity index is 1.45. The Labute approximate surface area is 171 Å². The van der Waals surface area contributed by atoms with Crippen molar-refractivity contribution in [2.75, 3.05) is 18.4 Å². The molecule has 11 heteroatoms. The zero-order chi connectivity index (χ0) is 20.8. The predicted molar refractivity (Wildman–Crippen MR) is 108 cm³/mol. The molecule has 0 unspecified atom stereocenters. The van der Waals surface area contributed by atoms with Gasteiger partial charge in [-0.3, -0.25) is 9.48 Å². The minimum Gasteiger partial charge on any atom is -0.323 e. The monoisotopic (exact) mass is 437 g/mol. The van der Waals surface area contributed by atoms with Gasteiger partial charge in [0.15, 0.2) is 5.67 Å². The number of nitrogens with one attached hydrogen (secondary N) is 1. The number of hydrogen-bond acceptors (Lipinski definition) is 6. The van der Waals surface area contributed by atoms with Crippen LogP contribution in [0.25, 0.3) is 10.2 Å². The van der Waals surface area contributed by atoms with Crippen molar-refractivity contribution in [1.82, 2.24) is 19.1 Å². The van der Waals surface area contributed by atoms with E-state index in [-0.39, 0.29) is 30.8 Å². The first kappa shape index (κ1) is 19.9. The molecule has 3 heterocycles. The van der Waals surface area contributed by atoms with Gasteiger partial charge in [-0.1, -0.05) is 0 Å². The number of piperidine rings is 1. The molecule has 8 nitrogen and oxygen atoms in total. The highest BCUT2D eigenvalue weighted by molar-refractivity contribution is 7.89. The molecule has 3 aromatic rings. The first-order chi connectivity index (χ1) is 13.7. The van der Waals surface area contributed by atoms with E-state index in [2.05, 4.69) is 15.4 Å². The summed E-state index contributed by atoms with van der Waals surface area (Å²) in [5.41, 5.74) is 1.15. The Morgan fingerprint density at radius 2 is 2.03 bits per heavy atom. The Bertz CT molecular complexity index is 1180. The predicted octanol–water partition coefficient (Wildman–Crippen LogP) is 2.47. The molecule has 154 valence electrons. The van der Waals surface area contributed by atoms with E-state index in [9.17, 15) is 13.2 Å². The molecule has 0 saturated carbocycles. The van der Waals surface area contributed by atoms with Crippen LogP contribution in [0.2, 0.25) is 0 Å². The Hall–Kier alpha value is -2.37. The minimum atomic E-state index is -3.78. The summed E-state index contributed by atoms with van der Waals surface area (Å²) in [5.74, 6) is -0.762. The number of hydrogen-bond donors (Lipinski definition) is 1.